The zero-order valence-corrected chi connectivity index (χ0v) is 43.2. The van der Waals surface area contributed by atoms with Gasteiger partial charge in [-0.2, -0.15) is 31.0 Å². The van der Waals surface area contributed by atoms with E-state index in [1.54, 1.807) is 49.6 Å². The summed E-state index contributed by atoms with van der Waals surface area (Å²) in [5.74, 6) is 0. The van der Waals surface area contributed by atoms with Crippen molar-refractivity contribution in [3.05, 3.63) is 229 Å². The average Bonchev–Trinajstić information content (AvgIpc) is 3.38. The predicted octanol–water partition coefficient (Wildman–Crippen LogP) is 9.38. The second-order valence-corrected chi connectivity index (χ2v) is 11.7. The smallest absolute Gasteiger partial charge is 0.167 e. The number of isothiocyanates is 6. The van der Waals surface area contributed by atoms with Crippen LogP contribution in [0.2, 0.25) is 0 Å². The molecule has 0 saturated carbocycles. The van der Waals surface area contributed by atoms with Crippen LogP contribution in [0.3, 0.4) is 0 Å². The van der Waals surface area contributed by atoms with E-state index in [9.17, 15) is 0 Å². The standard InChI is InChI=1S/4C10H8N2.6CNS.H2O.Y/c4*1-5-11-6-2-9(1)10-3-7-12-8-4-10;6*2-1-3;;/h4*1-8H;;;;;;;1H2;/q;;;;6*-1;;/p+4. The normalized spacial score (nSPS) is 7.53. The van der Waals surface area contributed by atoms with Gasteiger partial charge in [-0.25, -0.2) is 19.9 Å². The molecular formula is C46H38N14OS6Y-2. The van der Waals surface area contributed by atoms with Crippen LogP contribution in [-0.2, 0) is 32.7 Å². The van der Waals surface area contributed by atoms with Gasteiger partial charge in [0.25, 0.3) is 0 Å². The summed E-state index contributed by atoms with van der Waals surface area (Å²) >= 11 is 22.2. The molecular weight excluding hydrogens is 1050 g/mol. The molecule has 0 aliphatic carbocycles. The summed E-state index contributed by atoms with van der Waals surface area (Å²) in [4.78, 5) is 27.8. The van der Waals surface area contributed by atoms with Crippen LogP contribution in [0.1, 0.15) is 0 Å². The third kappa shape index (κ3) is 37.3. The van der Waals surface area contributed by atoms with Crippen molar-refractivity contribution in [3.63, 3.8) is 0 Å². The van der Waals surface area contributed by atoms with Crippen molar-refractivity contribution in [3.8, 4) is 44.5 Å². The Morgan fingerprint density at radius 3 is 0.485 bits per heavy atom. The molecule has 0 bridgehead atoms. The number of H-pyrrole nitrogens is 4. The van der Waals surface area contributed by atoms with Gasteiger partial charge in [0, 0.05) is 131 Å². The minimum absolute atomic E-state index is 0. The summed E-state index contributed by atoms with van der Waals surface area (Å²) in [7, 11) is 0. The van der Waals surface area contributed by atoms with Crippen molar-refractivity contribution in [2.45, 2.75) is 0 Å². The van der Waals surface area contributed by atoms with Crippen LogP contribution in [0.4, 0.5) is 0 Å². The molecule has 8 aromatic rings. The van der Waals surface area contributed by atoms with Crippen LogP contribution < -0.4 is 19.9 Å². The SMILES string of the molecule is O.[N-]=C=S.[N-]=C=S.[N-]=C=S.[N-]=C=S.[N-]=C=S.[N-]=C=S.[Y].c1cc(-c2cc[nH+]cc2)ccn1.c1cc(-c2cc[nH+]cc2)ccn1.c1cc(-c2cc[nH+]cc2)ccn1.c1cc(-c2cc[nH+]cc2)ccn1. The Labute approximate surface area is 451 Å². The number of hydrogen-bond donors (Lipinski definition) is 0. The van der Waals surface area contributed by atoms with Gasteiger partial charge in [-0.15, -0.1) is 0 Å². The van der Waals surface area contributed by atoms with E-state index in [1.807, 2.05) is 147 Å². The molecule has 68 heavy (non-hydrogen) atoms. The molecule has 0 spiro atoms. The van der Waals surface area contributed by atoms with E-state index in [4.69, 9.17) is 32.5 Å². The Morgan fingerprint density at radius 1 is 0.265 bits per heavy atom. The molecule has 6 N–H and O–H groups in total. The molecule has 22 heteroatoms. The van der Waals surface area contributed by atoms with Crippen molar-refractivity contribution in [1.82, 2.24) is 19.9 Å². The predicted molar refractivity (Wildman–Crippen MR) is 284 cm³/mol. The van der Waals surface area contributed by atoms with Crippen molar-refractivity contribution in [2.75, 3.05) is 0 Å². The Kier molecular flexibility index (Phi) is 52.4. The molecule has 0 aliphatic heterocycles. The van der Waals surface area contributed by atoms with E-state index in [1.165, 1.54) is 75.5 Å². The van der Waals surface area contributed by atoms with E-state index >= 15 is 0 Å². The second-order valence-electron chi connectivity index (χ2n) is 10.6. The molecule has 0 saturated heterocycles. The second kappa shape index (κ2) is 52.7. The van der Waals surface area contributed by atoms with Gasteiger partial charge >= 0.3 is 0 Å². The van der Waals surface area contributed by atoms with E-state index in [-0.39, 0.29) is 38.2 Å². The van der Waals surface area contributed by atoms with Gasteiger partial charge < -0.3 is 37.9 Å². The summed E-state index contributed by atoms with van der Waals surface area (Å²) in [6.07, 6.45) is 29.7. The summed E-state index contributed by atoms with van der Waals surface area (Å²) in [6, 6.07) is 32.3. The van der Waals surface area contributed by atoms with Gasteiger partial charge in [0.1, 0.15) is 0 Å². The summed E-state index contributed by atoms with van der Waals surface area (Å²) in [5.41, 5.74) is 9.59. The Balaban J connectivity index is -0.000000356. The van der Waals surface area contributed by atoms with Crippen LogP contribution >= 0.6 is 73.3 Å². The van der Waals surface area contributed by atoms with Crippen molar-refractivity contribution in [1.29, 1.82) is 0 Å². The molecule has 0 aromatic carbocycles. The van der Waals surface area contributed by atoms with Crippen molar-refractivity contribution >= 4 is 104 Å². The molecule has 8 heterocycles. The molecule has 1 radical (unpaired) electrons. The van der Waals surface area contributed by atoms with E-state index < -0.39 is 0 Å². The largest absolute Gasteiger partial charge is 0.753 e. The fourth-order valence-electron chi connectivity index (χ4n) is 4.49. The molecule has 0 amide bonds. The topological polar surface area (TPSA) is 273 Å². The van der Waals surface area contributed by atoms with Gasteiger partial charge in [-0.3, -0.25) is 19.9 Å². The maximum absolute atomic E-state index is 7.13. The number of nitrogens with zero attached hydrogens (tertiary/aromatic N) is 10. The summed E-state index contributed by atoms with van der Waals surface area (Å²) < 4.78 is 0. The monoisotopic (exact) mass is 1080 g/mol. The first kappa shape index (κ1) is 67.7. The van der Waals surface area contributed by atoms with Crippen LogP contribution in [0.5, 0.6) is 0 Å². The number of nitrogens with one attached hydrogen (secondary N) is 4. The summed E-state index contributed by atoms with van der Waals surface area (Å²) in [6.45, 7) is 0. The van der Waals surface area contributed by atoms with Gasteiger partial charge in [-0.05, 0) is 93.0 Å². The van der Waals surface area contributed by atoms with Crippen molar-refractivity contribution in [2.24, 2.45) is 0 Å². The van der Waals surface area contributed by atoms with Crippen molar-refractivity contribution < 1.29 is 58.1 Å². The molecule has 8 aromatic heterocycles. The van der Waals surface area contributed by atoms with E-state index in [0.717, 1.165) is 0 Å². The summed E-state index contributed by atoms with van der Waals surface area (Å²) in [5, 5.41) is 50.8. The Morgan fingerprint density at radius 2 is 0.368 bits per heavy atom. The number of aromatic amines is 4. The van der Waals surface area contributed by atoms with E-state index in [0.29, 0.717) is 0 Å². The zero-order valence-electron chi connectivity index (χ0n) is 35.5. The molecule has 8 rings (SSSR count). The third-order valence-corrected chi connectivity index (χ3v) is 6.93. The van der Waals surface area contributed by atoms with Gasteiger partial charge in [-0.1, -0.05) is 73.3 Å². The maximum Gasteiger partial charge on any atom is 0.167 e. The minimum Gasteiger partial charge on any atom is -0.753 e. The minimum atomic E-state index is 0. The van der Waals surface area contributed by atoms with Crippen LogP contribution in [-0.4, -0.2) is 56.4 Å². The molecule has 0 aliphatic rings. The average molecular weight is 1080 g/mol. The quantitative estimate of drug-likeness (QED) is 0.119. The molecule has 0 fully saturated rings. The first-order chi connectivity index (χ1) is 32.4. The number of thiocarbonyl (C=S) groups is 6. The molecule has 0 atom stereocenters. The number of pyridine rings is 8. The third-order valence-electron chi connectivity index (χ3n) is 6.93. The maximum atomic E-state index is 7.13. The fraction of sp³-hybridized carbons (Fsp3) is 0. The van der Waals surface area contributed by atoms with Crippen LogP contribution in [0.25, 0.3) is 77.0 Å². The zero-order chi connectivity index (χ0) is 49.1. The number of hydrogen-bond acceptors (Lipinski definition) is 10. The van der Waals surface area contributed by atoms with E-state index in [2.05, 4.69) is 113 Å². The number of rotatable bonds is 4. The van der Waals surface area contributed by atoms with Crippen LogP contribution in [0, 0.1) is 0 Å². The Hall–Kier alpha value is -6.94. The van der Waals surface area contributed by atoms with Gasteiger partial charge in [0.05, 0.1) is 0 Å². The van der Waals surface area contributed by atoms with Crippen LogP contribution in [0.15, 0.2) is 196 Å². The molecule has 15 nitrogen and oxygen atoms in total. The van der Waals surface area contributed by atoms with Gasteiger partial charge in [0.2, 0.25) is 0 Å². The van der Waals surface area contributed by atoms with Gasteiger partial charge in [0.15, 0.2) is 49.6 Å². The first-order valence-corrected chi connectivity index (χ1v) is 20.3. The number of aromatic nitrogens is 8. The molecule has 0 unspecified atom stereocenters. The molecule has 339 valence electrons. The Bertz CT molecular complexity index is 2060. The first-order valence-electron chi connectivity index (χ1n) is 17.9. The fourth-order valence-corrected chi connectivity index (χ4v) is 4.49.